The van der Waals surface area contributed by atoms with Crippen molar-refractivity contribution in [1.29, 1.82) is 0 Å². The van der Waals surface area contributed by atoms with Crippen LogP contribution >= 0.6 is 0 Å². The van der Waals surface area contributed by atoms with Crippen LogP contribution in [0.2, 0.25) is 0 Å². The number of hydrogen-bond acceptors (Lipinski definition) is 4. The second kappa shape index (κ2) is 10.2. The lowest BCUT2D eigenvalue weighted by atomic mass is 10.0. The molecule has 2 saturated heterocycles. The molecule has 2 aliphatic rings. The minimum absolute atomic E-state index is 0.0591. The Kier molecular flexibility index (Phi) is 7.14. The monoisotopic (exact) mass is 397 g/mol. The summed E-state index contributed by atoms with van der Waals surface area (Å²) in [7, 11) is 0. The van der Waals surface area contributed by atoms with Gasteiger partial charge in [0.15, 0.2) is 0 Å². The van der Waals surface area contributed by atoms with Crippen LogP contribution in [-0.2, 0) is 17.7 Å². The van der Waals surface area contributed by atoms with Gasteiger partial charge in [-0.1, -0.05) is 36.4 Å². The lowest BCUT2D eigenvalue weighted by Gasteiger charge is -2.37. The molecule has 2 aliphatic heterocycles. The summed E-state index contributed by atoms with van der Waals surface area (Å²) in [6.07, 6.45) is 1.78. The minimum atomic E-state index is -0.0591. The van der Waals surface area contributed by atoms with Crippen molar-refractivity contribution in [3.8, 4) is 0 Å². The van der Waals surface area contributed by atoms with Gasteiger partial charge in [0.05, 0.1) is 13.2 Å². The van der Waals surface area contributed by atoms with E-state index in [2.05, 4.69) is 51.1 Å². The first-order valence-electron chi connectivity index (χ1n) is 10.9. The SMILES string of the molecule is Fc1cccc(N2CCN(Cc3ccccc3)CC2)c1CCCN1CCOCC1. The lowest BCUT2D eigenvalue weighted by molar-refractivity contribution is 0.0374. The number of ether oxygens (including phenoxy) is 1. The molecule has 5 heteroatoms. The van der Waals surface area contributed by atoms with E-state index in [1.165, 1.54) is 5.56 Å². The highest BCUT2D eigenvalue weighted by Gasteiger charge is 2.21. The Morgan fingerprint density at radius 1 is 0.793 bits per heavy atom. The van der Waals surface area contributed by atoms with Crippen molar-refractivity contribution in [2.75, 3.05) is 63.9 Å². The molecule has 0 atom stereocenters. The van der Waals surface area contributed by atoms with Crippen LogP contribution in [0, 0.1) is 5.82 Å². The molecule has 0 N–H and O–H groups in total. The van der Waals surface area contributed by atoms with Crippen LogP contribution in [0.3, 0.4) is 0 Å². The molecule has 2 fully saturated rings. The summed E-state index contributed by atoms with van der Waals surface area (Å²) in [5.41, 5.74) is 3.33. The largest absolute Gasteiger partial charge is 0.379 e. The van der Waals surface area contributed by atoms with Crippen LogP contribution < -0.4 is 4.90 Å². The number of hydrogen-bond donors (Lipinski definition) is 0. The number of nitrogens with zero attached hydrogens (tertiary/aromatic N) is 3. The second-order valence-electron chi connectivity index (χ2n) is 8.04. The molecule has 0 bridgehead atoms. The first-order valence-corrected chi connectivity index (χ1v) is 10.9. The molecule has 2 aromatic carbocycles. The zero-order chi connectivity index (χ0) is 19.9. The number of anilines is 1. The third-order valence-corrected chi connectivity index (χ3v) is 6.06. The third kappa shape index (κ3) is 5.56. The lowest BCUT2D eigenvalue weighted by Crippen LogP contribution is -2.46. The molecule has 0 spiro atoms. The number of halogens is 1. The Morgan fingerprint density at radius 2 is 1.55 bits per heavy atom. The zero-order valence-corrected chi connectivity index (χ0v) is 17.2. The molecule has 4 nitrogen and oxygen atoms in total. The molecule has 0 radical (unpaired) electrons. The average Bonchev–Trinajstić information content (AvgIpc) is 2.77. The quantitative estimate of drug-likeness (QED) is 0.713. The Labute approximate surface area is 173 Å². The van der Waals surface area contributed by atoms with Gasteiger partial charge < -0.3 is 9.64 Å². The normalized spacial score (nSPS) is 18.9. The Balaban J connectivity index is 1.33. The Morgan fingerprint density at radius 3 is 2.31 bits per heavy atom. The minimum Gasteiger partial charge on any atom is -0.379 e. The van der Waals surface area contributed by atoms with Gasteiger partial charge in [-0.05, 0) is 37.1 Å². The van der Waals surface area contributed by atoms with E-state index < -0.39 is 0 Å². The molecule has 2 heterocycles. The van der Waals surface area contributed by atoms with Crippen molar-refractivity contribution in [2.45, 2.75) is 19.4 Å². The van der Waals surface area contributed by atoms with Gasteiger partial charge in [0.25, 0.3) is 0 Å². The highest BCUT2D eigenvalue weighted by Crippen LogP contribution is 2.26. The zero-order valence-electron chi connectivity index (χ0n) is 17.2. The summed E-state index contributed by atoms with van der Waals surface area (Å²) in [5, 5.41) is 0. The molecule has 4 rings (SSSR count). The van der Waals surface area contributed by atoms with Crippen molar-refractivity contribution in [1.82, 2.24) is 9.80 Å². The maximum Gasteiger partial charge on any atom is 0.128 e. The molecule has 0 aliphatic carbocycles. The fourth-order valence-corrected chi connectivity index (χ4v) is 4.38. The summed E-state index contributed by atoms with van der Waals surface area (Å²) in [5.74, 6) is -0.0591. The van der Waals surface area contributed by atoms with E-state index in [1.54, 1.807) is 6.07 Å². The van der Waals surface area contributed by atoms with E-state index >= 15 is 0 Å². The van der Waals surface area contributed by atoms with Gasteiger partial charge in [0.2, 0.25) is 0 Å². The first-order chi connectivity index (χ1) is 14.3. The topological polar surface area (TPSA) is 19.0 Å². The Bertz CT molecular complexity index is 756. The number of piperazine rings is 1. The van der Waals surface area contributed by atoms with E-state index in [0.29, 0.717) is 0 Å². The summed E-state index contributed by atoms with van der Waals surface area (Å²) < 4.78 is 20.1. The summed E-state index contributed by atoms with van der Waals surface area (Å²) >= 11 is 0. The number of rotatable bonds is 7. The van der Waals surface area contributed by atoms with E-state index in [-0.39, 0.29) is 5.82 Å². The second-order valence-corrected chi connectivity index (χ2v) is 8.04. The van der Waals surface area contributed by atoms with Crippen LogP contribution in [-0.4, -0.2) is 68.8 Å². The highest BCUT2D eigenvalue weighted by molar-refractivity contribution is 5.54. The van der Waals surface area contributed by atoms with Gasteiger partial charge in [-0.15, -0.1) is 0 Å². The first kappa shape index (κ1) is 20.3. The maximum absolute atomic E-state index is 14.7. The molecule has 0 aromatic heterocycles. The van der Waals surface area contributed by atoms with E-state index in [4.69, 9.17) is 4.74 Å². The van der Waals surface area contributed by atoms with Crippen molar-refractivity contribution >= 4 is 5.69 Å². The summed E-state index contributed by atoms with van der Waals surface area (Å²) in [4.78, 5) is 7.28. The maximum atomic E-state index is 14.7. The van der Waals surface area contributed by atoms with Crippen LogP contribution in [0.1, 0.15) is 17.5 Å². The van der Waals surface area contributed by atoms with Gasteiger partial charge >= 0.3 is 0 Å². The number of morpholine rings is 1. The fourth-order valence-electron chi connectivity index (χ4n) is 4.38. The van der Waals surface area contributed by atoms with Crippen molar-refractivity contribution in [3.05, 3.63) is 65.5 Å². The van der Waals surface area contributed by atoms with Gasteiger partial charge in [-0.25, -0.2) is 4.39 Å². The van der Waals surface area contributed by atoms with Gasteiger partial charge in [-0.3, -0.25) is 9.80 Å². The summed E-state index contributed by atoms with van der Waals surface area (Å²) in [6.45, 7) is 9.56. The molecule has 29 heavy (non-hydrogen) atoms. The standard InChI is InChI=1S/C24H32FN3O/c25-23-9-4-10-24(22(23)8-5-11-26-16-18-29-19-17-26)28-14-12-27(13-15-28)20-21-6-2-1-3-7-21/h1-4,6-7,9-10H,5,8,11-20H2. The number of benzene rings is 2. The van der Waals surface area contributed by atoms with E-state index in [1.807, 2.05) is 6.07 Å². The third-order valence-electron chi connectivity index (χ3n) is 6.06. The van der Waals surface area contributed by atoms with Crippen LogP contribution in [0.15, 0.2) is 48.5 Å². The van der Waals surface area contributed by atoms with Crippen LogP contribution in [0.25, 0.3) is 0 Å². The molecule has 0 amide bonds. The molecule has 0 saturated carbocycles. The molecule has 2 aromatic rings. The molecule has 156 valence electrons. The summed E-state index contributed by atoms with van der Waals surface area (Å²) in [6, 6.07) is 16.2. The molecule has 0 unspecified atom stereocenters. The van der Waals surface area contributed by atoms with Gasteiger partial charge in [0.1, 0.15) is 5.82 Å². The highest BCUT2D eigenvalue weighted by atomic mass is 19.1. The predicted octanol–water partition coefficient (Wildman–Crippen LogP) is 3.41. The molecular formula is C24H32FN3O. The van der Waals surface area contributed by atoms with E-state index in [9.17, 15) is 4.39 Å². The fraction of sp³-hybridized carbons (Fsp3) is 0.500. The average molecular weight is 398 g/mol. The smallest absolute Gasteiger partial charge is 0.128 e. The Hall–Kier alpha value is -1.95. The molecular weight excluding hydrogens is 365 g/mol. The van der Waals surface area contributed by atoms with Crippen molar-refractivity contribution in [2.24, 2.45) is 0 Å². The van der Waals surface area contributed by atoms with Crippen LogP contribution in [0.4, 0.5) is 10.1 Å². The van der Waals surface area contributed by atoms with Gasteiger partial charge in [-0.2, -0.15) is 0 Å². The predicted molar refractivity (Wildman–Crippen MR) is 116 cm³/mol. The van der Waals surface area contributed by atoms with Gasteiger partial charge in [0, 0.05) is 57.1 Å². The van der Waals surface area contributed by atoms with E-state index in [0.717, 1.165) is 89.7 Å². The van der Waals surface area contributed by atoms with Crippen molar-refractivity contribution in [3.63, 3.8) is 0 Å². The van der Waals surface area contributed by atoms with Crippen LogP contribution in [0.5, 0.6) is 0 Å². The van der Waals surface area contributed by atoms with Crippen molar-refractivity contribution < 1.29 is 9.13 Å².